The van der Waals surface area contributed by atoms with Crippen molar-refractivity contribution >= 4 is 46.4 Å². The lowest BCUT2D eigenvalue weighted by Gasteiger charge is -2.38. The quantitative estimate of drug-likeness (QED) is 0.493. The van der Waals surface area contributed by atoms with Crippen molar-refractivity contribution in [1.29, 1.82) is 0 Å². The first-order chi connectivity index (χ1) is 14.6. The van der Waals surface area contributed by atoms with Crippen LogP contribution in [0.3, 0.4) is 0 Å². The Morgan fingerprint density at radius 3 is 2.58 bits per heavy atom. The Morgan fingerprint density at radius 2 is 1.94 bits per heavy atom. The fourth-order valence-electron chi connectivity index (χ4n) is 4.03. The van der Waals surface area contributed by atoms with Gasteiger partial charge in [0.05, 0.1) is 12.6 Å². The van der Waals surface area contributed by atoms with E-state index >= 15 is 0 Å². The normalized spacial score (nSPS) is 16.2. The number of rotatable bonds is 6. The fourth-order valence-corrected chi connectivity index (χ4v) is 5.44. The smallest absolute Gasteiger partial charge is 0.242 e. The molecule has 31 heavy (non-hydrogen) atoms. The lowest BCUT2D eigenvalue weighted by atomic mass is 9.91. The first kappa shape index (κ1) is 24.1. The van der Waals surface area contributed by atoms with Crippen LogP contribution >= 0.6 is 34.5 Å². The maximum atomic E-state index is 13.5. The first-order valence-electron chi connectivity index (χ1n) is 10.7. The van der Waals surface area contributed by atoms with Gasteiger partial charge in [-0.2, -0.15) is 0 Å². The van der Waals surface area contributed by atoms with Gasteiger partial charge in [-0.25, -0.2) is 0 Å². The molecule has 0 aliphatic carbocycles. The van der Waals surface area contributed by atoms with Gasteiger partial charge in [0.1, 0.15) is 0 Å². The van der Waals surface area contributed by atoms with E-state index in [1.54, 1.807) is 22.3 Å². The number of amides is 2. The molecule has 0 radical (unpaired) electrons. The highest BCUT2D eigenvalue weighted by Crippen LogP contribution is 2.41. The van der Waals surface area contributed by atoms with Crippen LogP contribution in [-0.4, -0.2) is 41.2 Å². The summed E-state index contributed by atoms with van der Waals surface area (Å²) in [5.74, 6) is -0.0272. The van der Waals surface area contributed by atoms with E-state index in [0.717, 1.165) is 24.0 Å². The zero-order valence-electron chi connectivity index (χ0n) is 18.6. The number of hydrogen-bond donors (Lipinski definition) is 0. The minimum atomic E-state index is -0.270. The van der Waals surface area contributed by atoms with Crippen LogP contribution in [0.1, 0.15) is 62.6 Å². The van der Waals surface area contributed by atoms with E-state index in [1.165, 1.54) is 4.88 Å². The van der Waals surface area contributed by atoms with E-state index in [2.05, 4.69) is 11.4 Å². The molecule has 168 valence electrons. The summed E-state index contributed by atoms with van der Waals surface area (Å²) in [5, 5.41) is 3.17. The van der Waals surface area contributed by atoms with Crippen molar-refractivity contribution in [3.8, 4) is 0 Å². The molecule has 0 N–H and O–H groups in total. The summed E-state index contributed by atoms with van der Waals surface area (Å²) in [7, 11) is 0. The zero-order chi connectivity index (χ0) is 22.8. The molecular weight excluding hydrogens is 451 g/mol. The maximum Gasteiger partial charge on any atom is 0.242 e. The number of thiophene rings is 1. The number of carbonyl (C=O) groups is 2. The van der Waals surface area contributed by atoms with Gasteiger partial charge in [0.25, 0.3) is 0 Å². The SMILES string of the molecule is CCCN(CC(=O)N1CCc2sccc2C1c1ccc(Cl)cc1Cl)C(=O)CC(C)(C)C. The summed E-state index contributed by atoms with van der Waals surface area (Å²) in [6.45, 7) is 9.41. The van der Waals surface area contributed by atoms with Gasteiger partial charge >= 0.3 is 0 Å². The lowest BCUT2D eigenvalue weighted by molar-refractivity contribution is -0.142. The third-order valence-corrected chi connectivity index (χ3v) is 6.96. The average Bonchev–Trinajstić information content (AvgIpc) is 3.14. The number of carbonyl (C=O) groups excluding carboxylic acids is 2. The molecule has 1 aliphatic heterocycles. The third kappa shape index (κ3) is 5.82. The molecule has 1 unspecified atom stereocenters. The second-order valence-electron chi connectivity index (χ2n) is 9.26. The molecular formula is C24H30Cl2N2O2S. The van der Waals surface area contributed by atoms with Crippen LogP contribution in [0.4, 0.5) is 0 Å². The van der Waals surface area contributed by atoms with Crippen LogP contribution in [0, 0.1) is 5.41 Å². The molecule has 0 spiro atoms. The molecule has 2 aromatic rings. The molecule has 1 atom stereocenters. The molecule has 4 nitrogen and oxygen atoms in total. The largest absolute Gasteiger partial charge is 0.333 e. The average molecular weight is 481 g/mol. The first-order valence-corrected chi connectivity index (χ1v) is 12.3. The van der Waals surface area contributed by atoms with Crippen LogP contribution in [0.2, 0.25) is 10.0 Å². The Bertz CT molecular complexity index is 951. The number of benzene rings is 1. The molecule has 1 aromatic carbocycles. The molecule has 0 fully saturated rings. The Labute approximate surface area is 199 Å². The van der Waals surface area contributed by atoms with Crippen molar-refractivity contribution < 1.29 is 9.59 Å². The monoisotopic (exact) mass is 480 g/mol. The van der Waals surface area contributed by atoms with Crippen LogP contribution < -0.4 is 0 Å². The fraction of sp³-hybridized carbons (Fsp3) is 0.500. The van der Waals surface area contributed by atoms with Crippen molar-refractivity contribution in [3.63, 3.8) is 0 Å². The predicted octanol–water partition coefficient (Wildman–Crippen LogP) is 6.20. The van der Waals surface area contributed by atoms with Crippen molar-refractivity contribution in [2.45, 2.75) is 53.0 Å². The van der Waals surface area contributed by atoms with E-state index in [1.807, 2.05) is 44.7 Å². The Hall–Kier alpha value is -1.56. The number of halogens is 2. The van der Waals surface area contributed by atoms with Gasteiger partial charge in [-0.15, -0.1) is 11.3 Å². The second-order valence-corrected chi connectivity index (χ2v) is 11.1. The number of hydrogen-bond acceptors (Lipinski definition) is 3. The lowest BCUT2D eigenvalue weighted by Crippen LogP contribution is -2.47. The highest BCUT2D eigenvalue weighted by molar-refractivity contribution is 7.10. The molecule has 0 bridgehead atoms. The van der Waals surface area contributed by atoms with Crippen LogP contribution in [-0.2, 0) is 16.0 Å². The molecule has 0 saturated heterocycles. The van der Waals surface area contributed by atoms with Crippen molar-refractivity contribution in [1.82, 2.24) is 9.80 Å². The van der Waals surface area contributed by atoms with Crippen LogP contribution in [0.5, 0.6) is 0 Å². The topological polar surface area (TPSA) is 40.6 Å². The third-order valence-electron chi connectivity index (χ3n) is 5.40. The molecule has 1 aliphatic rings. The van der Waals surface area contributed by atoms with Gasteiger partial charge in [0.15, 0.2) is 0 Å². The van der Waals surface area contributed by atoms with E-state index in [0.29, 0.717) is 29.6 Å². The number of nitrogens with zero attached hydrogens (tertiary/aromatic N) is 2. The highest BCUT2D eigenvalue weighted by Gasteiger charge is 2.35. The van der Waals surface area contributed by atoms with Crippen LogP contribution in [0.15, 0.2) is 29.6 Å². The molecule has 3 rings (SSSR count). The summed E-state index contributed by atoms with van der Waals surface area (Å²) >= 11 is 14.4. The molecule has 0 saturated carbocycles. The minimum Gasteiger partial charge on any atom is -0.333 e. The van der Waals surface area contributed by atoms with Gasteiger partial charge < -0.3 is 9.80 Å². The van der Waals surface area contributed by atoms with E-state index in [-0.39, 0.29) is 29.8 Å². The predicted molar refractivity (Wildman–Crippen MR) is 129 cm³/mol. The van der Waals surface area contributed by atoms with Crippen molar-refractivity contribution in [2.24, 2.45) is 5.41 Å². The zero-order valence-corrected chi connectivity index (χ0v) is 20.9. The summed E-state index contributed by atoms with van der Waals surface area (Å²) in [6, 6.07) is 7.23. The van der Waals surface area contributed by atoms with Crippen LogP contribution in [0.25, 0.3) is 0 Å². The molecule has 2 heterocycles. The number of fused-ring (bicyclic) bond motifs is 1. The Kier molecular flexibility index (Phi) is 7.72. The molecule has 7 heteroatoms. The van der Waals surface area contributed by atoms with E-state index < -0.39 is 0 Å². The van der Waals surface area contributed by atoms with E-state index in [9.17, 15) is 9.59 Å². The summed E-state index contributed by atoms with van der Waals surface area (Å²) < 4.78 is 0. The van der Waals surface area contributed by atoms with Gasteiger partial charge in [0, 0.05) is 34.4 Å². The molecule has 1 aromatic heterocycles. The van der Waals surface area contributed by atoms with Gasteiger partial charge in [-0.3, -0.25) is 9.59 Å². The van der Waals surface area contributed by atoms with Gasteiger partial charge in [-0.05, 0) is 53.0 Å². The van der Waals surface area contributed by atoms with Gasteiger partial charge in [0.2, 0.25) is 11.8 Å². The highest BCUT2D eigenvalue weighted by atomic mass is 35.5. The van der Waals surface area contributed by atoms with E-state index in [4.69, 9.17) is 23.2 Å². The molecule has 2 amide bonds. The van der Waals surface area contributed by atoms with Crippen molar-refractivity contribution in [3.05, 3.63) is 55.7 Å². The minimum absolute atomic E-state index is 0.0250. The standard InChI is InChI=1S/C24H30Cl2N2O2S/c1-5-10-27(21(29)14-24(2,3)4)15-22(30)28-11-8-20-18(9-12-31-20)23(28)17-7-6-16(25)13-19(17)26/h6-7,9,12-13,23H,5,8,10-11,14-15H2,1-4H3. The van der Waals surface area contributed by atoms with Crippen molar-refractivity contribution in [2.75, 3.05) is 19.6 Å². The summed E-state index contributed by atoms with van der Waals surface area (Å²) in [5.41, 5.74) is 1.85. The summed E-state index contributed by atoms with van der Waals surface area (Å²) in [4.78, 5) is 31.3. The Balaban J connectivity index is 1.90. The Morgan fingerprint density at radius 1 is 1.19 bits per heavy atom. The van der Waals surface area contributed by atoms with Gasteiger partial charge in [-0.1, -0.05) is 57.0 Å². The summed E-state index contributed by atoms with van der Waals surface area (Å²) in [6.07, 6.45) is 2.04. The maximum absolute atomic E-state index is 13.5. The second kappa shape index (κ2) is 9.93.